The van der Waals surface area contributed by atoms with Crippen molar-refractivity contribution in [2.24, 2.45) is 10.3 Å². The van der Waals surface area contributed by atoms with E-state index in [2.05, 4.69) is 25.5 Å². The molecule has 0 aliphatic rings. The molecule has 0 fully saturated rings. The van der Waals surface area contributed by atoms with E-state index in [0.29, 0.717) is 18.1 Å². The molecule has 0 aliphatic heterocycles. The van der Waals surface area contributed by atoms with Gasteiger partial charge >= 0.3 is 0 Å². The lowest BCUT2D eigenvalue weighted by Gasteiger charge is -2.09. The number of aromatic amines is 1. The van der Waals surface area contributed by atoms with Crippen LogP contribution in [0.25, 0.3) is 0 Å². The minimum absolute atomic E-state index is 0.332. The van der Waals surface area contributed by atoms with Gasteiger partial charge in [0, 0.05) is 11.1 Å². The van der Waals surface area contributed by atoms with Gasteiger partial charge in [-0.1, -0.05) is 34.6 Å². The lowest BCUT2D eigenvalue weighted by atomic mass is 10.0. The van der Waals surface area contributed by atoms with Gasteiger partial charge in [0.1, 0.15) is 20.0 Å². The summed E-state index contributed by atoms with van der Waals surface area (Å²) in [5.41, 5.74) is 3.19. The molecule has 21 heavy (non-hydrogen) atoms. The molecular formula is C14H17N5O2. The van der Waals surface area contributed by atoms with Crippen LogP contribution in [0.3, 0.4) is 0 Å². The highest BCUT2D eigenvalue weighted by Crippen LogP contribution is 2.15. The third kappa shape index (κ3) is 3.88. The van der Waals surface area contributed by atoms with Crippen LogP contribution in [0.15, 0.2) is 40.9 Å². The van der Waals surface area contributed by atoms with E-state index in [0.717, 1.165) is 16.8 Å². The second-order valence-corrected chi connectivity index (χ2v) is 4.43. The van der Waals surface area contributed by atoms with Gasteiger partial charge in [-0.3, -0.25) is 5.10 Å². The molecule has 0 amide bonds. The van der Waals surface area contributed by atoms with Crippen LogP contribution in [0.1, 0.15) is 30.8 Å². The summed E-state index contributed by atoms with van der Waals surface area (Å²) >= 11 is 0. The van der Waals surface area contributed by atoms with Gasteiger partial charge in [0.25, 0.3) is 0 Å². The van der Waals surface area contributed by atoms with Crippen LogP contribution in [0.4, 0.5) is 0 Å². The number of benzene rings is 1. The molecule has 0 radical (unpaired) electrons. The van der Waals surface area contributed by atoms with Crippen LogP contribution in [0.5, 0.6) is 0 Å². The van der Waals surface area contributed by atoms with Gasteiger partial charge in [-0.2, -0.15) is 5.10 Å². The molecule has 0 saturated heterocycles. The smallest absolute Gasteiger partial charge is 0.178 e. The molecule has 2 rings (SSSR count). The Morgan fingerprint density at radius 2 is 2.05 bits per heavy atom. The van der Waals surface area contributed by atoms with E-state index < -0.39 is 0 Å². The molecule has 1 heterocycles. The first-order valence-corrected chi connectivity index (χ1v) is 6.40. The van der Waals surface area contributed by atoms with Gasteiger partial charge in [-0.15, -0.1) is 0 Å². The maximum absolute atomic E-state index is 5.31. The lowest BCUT2D eigenvalue weighted by molar-refractivity contribution is 0.130. The zero-order valence-corrected chi connectivity index (χ0v) is 12.2. The van der Waals surface area contributed by atoms with E-state index in [1.165, 1.54) is 13.4 Å². The summed E-state index contributed by atoms with van der Waals surface area (Å²) < 4.78 is 0. The molecule has 0 atom stereocenters. The van der Waals surface area contributed by atoms with Gasteiger partial charge in [0.15, 0.2) is 11.5 Å². The first-order valence-electron chi connectivity index (χ1n) is 6.40. The average Bonchev–Trinajstić information content (AvgIpc) is 2.99. The quantitative estimate of drug-likeness (QED) is 0.651. The van der Waals surface area contributed by atoms with Gasteiger partial charge in [0.05, 0.1) is 5.71 Å². The molecule has 1 aromatic heterocycles. The van der Waals surface area contributed by atoms with Crippen LogP contribution in [0.2, 0.25) is 0 Å². The summed E-state index contributed by atoms with van der Waals surface area (Å²) in [6.07, 6.45) is 1.42. The minimum atomic E-state index is 0.332. The molecular weight excluding hydrogens is 270 g/mol. The van der Waals surface area contributed by atoms with Crippen molar-refractivity contribution < 1.29 is 9.68 Å². The van der Waals surface area contributed by atoms with E-state index in [-0.39, 0.29) is 0 Å². The highest BCUT2D eigenvalue weighted by atomic mass is 16.6. The van der Waals surface area contributed by atoms with Gasteiger partial charge in [-0.05, 0) is 13.8 Å². The molecule has 0 aliphatic carbocycles. The summed E-state index contributed by atoms with van der Waals surface area (Å²) in [6, 6.07) is 7.70. The van der Waals surface area contributed by atoms with E-state index in [1.54, 1.807) is 0 Å². The van der Waals surface area contributed by atoms with Crippen molar-refractivity contribution in [2.45, 2.75) is 20.5 Å². The summed E-state index contributed by atoms with van der Waals surface area (Å²) in [7, 11) is 1.49. The highest BCUT2D eigenvalue weighted by molar-refractivity contribution is 6.11. The van der Waals surface area contributed by atoms with E-state index in [1.807, 2.05) is 38.1 Å². The Labute approximate surface area is 122 Å². The topological polar surface area (TPSA) is 84.8 Å². The first kappa shape index (κ1) is 14.7. The van der Waals surface area contributed by atoms with Gasteiger partial charge in [0.2, 0.25) is 0 Å². The van der Waals surface area contributed by atoms with Crippen LogP contribution in [-0.4, -0.2) is 33.7 Å². The number of oxime groups is 2. The predicted octanol–water partition coefficient (Wildman–Crippen LogP) is 2.12. The van der Waals surface area contributed by atoms with Crippen molar-refractivity contribution in [3.63, 3.8) is 0 Å². The number of aromatic nitrogens is 3. The van der Waals surface area contributed by atoms with E-state index in [9.17, 15) is 0 Å². The standard InChI is InChI=1S/C14H17N5O2/c1-10(2)18-21-8-11-6-4-5-7-12(11)13(19-20-3)14-15-9-16-17-14/h4-7,9H,8H2,1-3H3,(H,15,16,17). The summed E-state index contributed by atoms with van der Waals surface area (Å²) in [5, 5.41) is 14.6. The Kier molecular flexibility index (Phi) is 5.03. The summed E-state index contributed by atoms with van der Waals surface area (Å²) in [5.74, 6) is 0.527. The Hall–Kier alpha value is -2.70. The van der Waals surface area contributed by atoms with Crippen molar-refractivity contribution in [1.82, 2.24) is 15.2 Å². The molecule has 110 valence electrons. The first-order chi connectivity index (χ1) is 10.2. The molecule has 2 aromatic rings. The van der Waals surface area contributed by atoms with Crippen LogP contribution in [0, 0.1) is 0 Å². The van der Waals surface area contributed by atoms with Crippen LogP contribution < -0.4 is 0 Å². The largest absolute Gasteiger partial charge is 0.399 e. The van der Waals surface area contributed by atoms with Gasteiger partial charge in [-0.25, -0.2) is 4.98 Å². The maximum atomic E-state index is 5.31. The Bertz CT molecular complexity index is 631. The monoisotopic (exact) mass is 287 g/mol. The van der Waals surface area contributed by atoms with Gasteiger partial charge < -0.3 is 9.68 Å². The summed E-state index contributed by atoms with van der Waals surface area (Å²) in [4.78, 5) is 14.3. The molecule has 0 saturated carbocycles. The lowest BCUT2D eigenvalue weighted by Crippen LogP contribution is -2.10. The molecule has 0 spiro atoms. The second-order valence-electron chi connectivity index (χ2n) is 4.43. The second kappa shape index (κ2) is 7.18. The number of hydrogen-bond acceptors (Lipinski definition) is 6. The number of nitrogens with zero attached hydrogens (tertiary/aromatic N) is 4. The van der Waals surface area contributed by atoms with Crippen molar-refractivity contribution in [1.29, 1.82) is 0 Å². The third-order valence-electron chi connectivity index (χ3n) is 2.56. The highest BCUT2D eigenvalue weighted by Gasteiger charge is 2.15. The van der Waals surface area contributed by atoms with E-state index in [4.69, 9.17) is 9.68 Å². The Balaban J connectivity index is 2.33. The normalized spacial score (nSPS) is 11.1. The number of rotatable bonds is 6. The fourth-order valence-corrected chi connectivity index (χ4v) is 1.74. The predicted molar refractivity (Wildman–Crippen MR) is 79.0 cm³/mol. The molecule has 7 nitrogen and oxygen atoms in total. The van der Waals surface area contributed by atoms with Crippen molar-refractivity contribution in [2.75, 3.05) is 7.11 Å². The molecule has 7 heteroatoms. The molecule has 1 aromatic carbocycles. The van der Waals surface area contributed by atoms with Crippen molar-refractivity contribution in [3.05, 3.63) is 47.5 Å². The Morgan fingerprint density at radius 1 is 1.24 bits per heavy atom. The van der Waals surface area contributed by atoms with Crippen molar-refractivity contribution in [3.8, 4) is 0 Å². The number of hydrogen-bond donors (Lipinski definition) is 1. The third-order valence-corrected chi connectivity index (χ3v) is 2.56. The summed E-state index contributed by atoms with van der Waals surface area (Å²) in [6.45, 7) is 4.08. The zero-order valence-electron chi connectivity index (χ0n) is 12.2. The van der Waals surface area contributed by atoms with Crippen LogP contribution >= 0.6 is 0 Å². The number of H-pyrrole nitrogens is 1. The zero-order chi connectivity index (χ0) is 15.1. The Morgan fingerprint density at radius 3 is 2.71 bits per heavy atom. The molecule has 1 N–H and O–H groups in total. The molecule has 0 unspecified atom stereocenters. The molecule has 0 bridgehead atoms. The van der Waals surface area contributed by atoms with Crippen molar-refractivity contribution >= 4 is 11.4 Å². The maximum Gasteiger partial charge on any atom is 0.178 e. The fraction of sp³-hybridized carbons (Fsp3) is 0.286. The fourth-order valence-electron chi connectivity index (χ4n) is 1.74. The SMILES string of the molecule is CON=C(c1ncn[nH]1)c1ccccc1CON=C(C)C. The van der Waals surface area contributed by atoms with Crippen LogP contribution in [-0.2, 0) is 16.3 Å². The minimum Gasteiger partial charge on any atom is -0.399 e. The average molecular weight is 287 g/mol. The number of nitrogens with one attached hydrogen (secondary N) is 1. The van der Waals surface area contributed by atoms with E-state index >= 15 is 0 Å².